The Bertz CT molecular complexity index is 398. The minimum absolute atomic E-state index is 0.258. The van der Waals surface area contributed by atoms with Gasteiger partial charge in [0.2, 0.25) is 0 Å². The Balaban J connectivity index is 2.41. The lowest BCUT2D eigenvalue weighted by molar-refractivity contribution is 0.0961. The van der Waals surface area contributed by atoms with E-state index < -0.39 is 0 Å². The van der Waals surface area contributed by atoms with Crippen LogP contribution in [0.3, 0.4) is 0 Å². The molecule has 1 rings (SSSR count). The Morgan fingerprint density at radius 3 is 2.43 bits per heavy atom. The molecule has 0 N–H and O–H groups in total. The second kappa shape index (κ2) is 11.5. The summed E-state index contributed by atoms with van der Waals surface area (Å²) in [6.07, 6.45) is 8.78. The molecule has 0 saturated heterocycles. The van der Waals surface area contributed by atoms with Crippen LogP contribution in [0.1, 0.15) is 81.1 Å². The molecular weight excluding hydrogens is 260 g/mol. The summed E-state index contributed by atoms with van der Waals surface area (Å²) in [5, 5.41) is 0. The number of Topliss-reactive ketones (excluding diaryl/α,β-unsaturated/α-hetero) is 1. The standard InChI is InChI=1S/C19H30O2/c1-3-5-7-11-15-21-16-17-12-9-10-13-18(17)19(20)14-8-6-4-2/h9-10,12-13H,3-8,11,14-16H2,1-2H3. The van der Waals surface area contributed by atoms with Crippen molar-refractivity contribution in [3.05, 3.63) is 35.4 Å². The lowest BCUT2D eigenvalue weighted by Crippen LogP contribution is -2.06. The maximum atomic E-state index is 12.3. The summed E-state index contributed by atoms with van der Waals surface area (Å²) in [4.78, 5) is 12.3. The van der Waals surface area contributed by atoms with E-state index in [1.54, 1.807) is 0 Å². The zero-order chi connectivity index (χ0) is 15.3. The smallest absolute Gasteiger partial charge is 0.163 e. The van der Waals surface area contributed by atoms with Crippen molar-refractivity contribution in [1.82, 2.24) is 0 Å². The first kappa shape index (κ1) is 17.9. The van der Waals surface area contributed by atoms with E-state index in [4.69, 9.17) is 4.74 Å². The molecule has 0 amide bonds. The second-order valence-electron chi connectivity index (χ2n) is 5.65. The Labute approximate surface area is 129 Å². The van der Waals surface area contributed by atoms with Crippen molar-refractivity contribution >= 4 is 5.78 Å². The van der Waals surface area contributed by atoms with Gasteiger partial charge in [-0.3, -0.25) is 4.79 Å². The summed E-state index contributed by atoms with van der Waals surface area (Å²) in [6.45, 7) is 5.71. The van der Waals surface area contributed by atoms with E-state index in [1.165, 1.54) is 19.3 Å². The van der Waals surface area contributed by atoms with Gasteiger partial charge in [0.15, 0.2) is 5.78 Å². The maximum Gasteiger partial charge on any atom is 0.163 e. The Morgan fingerprint density at radius 1 is 0.952 bits per heavy atom. The van der Waals surface area contributed by atoms with E-state index in [9.17, 15) is 4.79 Å². The zero-order valence-corrected chi connectivity index (χ0v) is 13.7. The molecule has 0 spiro atoms. The van der Waals surface area contributed by atoms with E-state index in [1.807, 2.05) is 24.3 Å². The van der Waals surface area contributed by atoms with Gasteiger partial charge in [-0.05, 0) is 18.4 Å². The fraction of sp³-hybridized carbons (Fsp3) is 0.632. The monoisotopic (exact) mass is 290 g/mol. The van der Waals surface area contributed by atoms with Crippen LogP contribution in [0.2, 0.25) is 0 Å². The van der Waals surface area contributed by atoms with Crippen LogP contribution < -0.4 is 0 Å². The molecule has 118 valence electrons. The van der Waals surface area contributed by atoms with Gasteiger partial charge in [0, 0.05) is 18.6 Å². The summed E-state index contributed by atoms with van der Waals surface area (Å²) in [6, 6.07) is 7.87. The molecule has 0 bridgehead atoms. The molecule has 0 fully saturated rings. The van der Waals surface area contributed by atoms with E-state index in [2.05, 4.69) is 13.8 Å². The predicted octanol–water partition coefficient (Wildman–Crippen LogP) is 5.55. The molecule has 0 saturated carbocycles. The highest BCUT2D eigenvalue weighted by molar-refractivity contribution is 5.97. The number of rotatable bonds is 12. The fourth-order valence-corrected chi connectivity index (χ4v) is 2.40. The summed E-state index contributed by atoms with van der Waals surface area (Å²) in [5.41, 5.74) is 1.89. The molecule has 0 aliphatic rings. The number of hydrogen-bond donors (Lipinski definition) is 0. The molecule has 0 aliphatic heterocycles. The normalized spacial score (nSPS) is 10.8. The van der Waals surface area contributed by atoms with Crippen LogP contribution in [-0.2, 0) is 11.3 Å². The molecule has 2 nitrogen and oxygen atoms in total. The Morgan fingerprint density at radius 2 is 1.67 bits per heavy atom. The van der Waals surface area contributed by atoms with Gasteiger partial charge in [-0.1, -0.05) is 70.2 Å². The van der Waals surface area contributed by atoms with Crippen LogP contribution in [0.4, 0.5) is 0 Å². The highest BCUT2D eigenvalue weighted by atomic mass is 16.5. The van der Waals surface area contributed by atoms with Gasteiger partial charge < -0.3 is 4.74 Å². The van der Waals surface area contributed by atoms with Gasteiger partial charge >= 0.3 is 0 Å². The molecule has 0 atom stereocenters. The maximum absolute atomic E-state index is 12.3. The first-order chi connectivity index (χ1) is 10.3. The second-order valence-corrected chi connectivity index (χ2v) is 5.65. The molecule has 0 unspecified atom stereocenters. The molecule has 21 heavy (non-hydrogen) atoms. The highest BCUT2D eigenvalue weighted by Crippen LogP contribution is 2.15. The lowest BCUT2D eigenvalue weighted by atomic mass is 10.00. The zero-order valence-electron chi connectivity index (χ0n) is 13.7. The summed E-state index contributed by atoms with van der Waals surface area (Å²) in [5.74, 6) is 0.258. The van der Waals surface area contributed by atoms with E-state index >= 15 is 0 Å². The lowest BCUT2D eigenvalue weighted by Gasteiger charge is -2.09. The van der Waals surface area contributed by atoms with Crippen molar-refractivity contribution in [3.8, 4) is 0 Å². The van der Waals surface area contributed by atoms with Crippen LogP contribution in [0.5, 0.6) is 0 Å². The molecular formula is C19H30O2. The first-order valence-corrected chi connectivity index (χ1v) is 8.48. The molecule has 0 aromatic heterocycles. The third-order valence-electron chi connectivity index (χ3n) is 3.72. The van der Waals surface area contributed by atoms with Gasteiger partial charge in [0.1, 0.15) is 0 Å². The van der Waals surface area contributed by atoms with E-state index in [0.717, 1.165) is 43.4 Å². The largest absolute Gasteiger partial charge is 0.377 e. The average molecular weight is 290 g/mol. The van der Waals surface area contributed by atoms with Gasteiger partial charge in [-0.25, -0.2) is 0 Å². The highest BCUT2D eigenvalue weighted by Gasteiger charge is 2.10. The third kappa shape index (κ3) is 7.42. The number of hydrogen-bond acceptors (Lipinski definition) is 2. The van der Waals surface area contributed by atoms with Crippen molar-refractivity contribution in [2.75, 3.05) is 6.61 Å². The minimum Gasteiger partial charge on any atom is -0.377 e. The van der Waals surface area contributed by atoms with Crippen LogP contribution in [0.25, 0.3) is 0 Å². The van der Waals surface area contributed by atoms with Crippen molar-refractivity contribution in [2.45, 2.75) is 71.8 Å². The van der Waals surface area contributed by atoms with Gasteiger partial charge in [0.05, 0.1) is 6.61 Å². The Hall–Kier alpha value is -1.15. The van der Waals surface area contributed by atoms with Crippen LogP contribution in [0.15, 0.2) is 24.3 Å². The molecule has 1 aromatic rings. The quantitative estimate of drug-likeness (QED) is 0.373. The topological polar surface area (TPSA) is 26.3 Å². The molecule has 0 radical (unpaired) electrons. The fourth-order valence-electron chi connectivity index (χ4n) is 2.40. The molecule has 0 aliphatic carbocycles. The average Bonchev–Trinajstić information content (AvgIpc) is 2.51. The number of carbonyl (C=O) groups excluding carboxylic acids is 1. The number of carbonyl (C=O) groups is 1. The molecule has 0 heterocycles. The van der Waals surface area contributed by atoms with Crippen molar-refractivity contribution < 1.29 is 9.53 Å². The van der Waals surface area contributed by atoms with Crippen molar-refractivity contribution in [2.24, 2.45) is 0 Å². The van der Waals surface area contributed by atoms with E-state index in [-0.39, 0.29) is 5.78 Å². The van der Waals surface area contributed by atoms with Crippen LogP contribution in [-0.4, -0.2) is 12.4 Å². The van der Waals surface area contributed by atoms with Gasteiger partial charge in [-0.2, -0.15) is 0 Å². The van der Waals surface area contributed by atoms with Crippen molar-refractivity contribution in [1.29, 1.82) is 0 Å². The third-order valence-corrected chi connectivity index (χ3v) is 3.72. The Kier molecular flexibility index (Phi) is 9.81. The van der Waals surface area contributed by atoms with Crippen LogP contribution >= 0.6 is 0 Å². The summed E-state index contributed by atoms with van der Waals surface area (Å²) >= 11 is 0. The van der Waals surface area contributed by atoms with Gasteiger partial charge in [-0.15, -0.1) is 0 Å². The number of unbranched alkanes of at least 4 members (excludes halogenated alkanes) is 5. The first-order valence-electron chi connectivity index (χ1n) is 8.48. The number of benzene rings is 1. The minimum atomic E-state index is 0.258. The molecule has 1 aromatic carbocycles. The summed E-state index contributed by atoms with van der Waals surface area (Å²) in [7, 11) is 0. The SMILES string of the molecule is CCCCCCOCc1ccccc1C(=O)CCCCC. The van der Waals surface area contributed by atoms with Gasteiger partial charge in [0.25, 0.3) is 0 Å². The van der Waals surface area contributed by atoms with Crippen molar-refractivity contribution in [3.63, 3.8) is 0 Å². The van der Waals surface area contributed by atoms with Crippen LogP contribution in [0, 0.1) is 0 Å². The summed E-state index contributed by atoms with van der Waals surface area (Å²) < 4.78 is 5.73. The molecule has 2 heteroatoms. The van der Waals surface area contributed by atoms with E-state index in [0.29, 0.717) is 13.0 Å². The number of ether oxygens (including phenoxy) is 1. The number of ketones is 1. The predicted molar refractivity (Wildman–Crippen MR) is 88.7 cm³/mol.